The molecule has 2 aromatic rings. The third kappa shape index (κ3) is 7.14. The third-order valence-electron chi connectivity index (χ3n) is 4.28. The summed E-state index contributed by atoms with van der Waals surface area (Å²) >= 11 is 0. The molecule has 0 aromatic heterocycles. The largest absolute Gasteiger partial charge is 0.444 e. The number of ether oxygens (including phenoxy) is 1. The predicted molar refractivity (Wildman–Crippen MR) is 117 cm³/mol. The summed E-state index contributed by atoms with van der Waals surface area (Å²) in [6.45, 7) is 7.10. The number of aliphatic hydroxyl groups excluding tert-OH is 1. The summed E-state index contributed by atoms with van der Waals surface area (Å²) in [7, 11) is 0. The Labute approximate surface area is 173 Å². The number of benzene rings is 2. The van der Waals surface area contributed by atoms with Gasteiger partial charge in [0.05, 0.1) is 0 Å². The van der Waals surface area contributed by atoms with Crippen LogP contribution >= 0.6 is 0 Å². The highest BCUT2D eigenvalue weighted by Crippen LogP contribution is 2.22. The quantitative estimate of drug-likeness (QED) is 0.730. The van der Waals surface area contributed by atoms with Gasteiger partial charge in [-0.1, -0.05) is 73.4 Å². The molecule has 0 aliphatic carbocycles. The van der Waals surface area contributed by atoms with E-state index in [9.17, 15) is 9.90 Å². The first kappa shape index (κ1) is 22.3. The van der Waals surface area contributed by atoms with Crippen molar-refractivity contribution in [2.75, 3.05) is 6.61 Å². The molecule has 0 saturated carbocycles. The lowest BCUT2D eigenvalue weighted by Crippen LogP contribution is -2.53. The molecule has 29 heavy (non-hydrogen) atoms. The molecule has 0 aliphatic rings. The summed E-state index contributed by atoms with van der Waals surface area (Å²) in [5.41, 5.74) is 0.0347. The lowest BCUT2D eigenvalue weighted by atomic mass is 9.84. The fourth-order valence-electron chi connectivity index (χ4n) is 2.63. The number of rotatable bonds is 5. The van der Waals surface area contributed by atoms with Crippen LogP contribution in [0.2, 0.25) is 0 Å². The van der Waals surface area contributed by atoms with Crippen molar-refractivity contribution in [1.29, 1.82) is 0 Å². The normalized spacial score (nSPS) is 14.4. The van der Waals surface area contributed by atoms with Crippen LogP contribution in [0.1, 0.15) is 38.8 Å². The molecule has 1 unspecified atom stereocenters. The number of nitrogens with one attached hydrogen (secondary N) is 1. The third-order valence-corrected chi connectivity index (χ3v) is 4.28. The van der Waals surface area contributed by atoms with Gasteiger partial charge in [0.1, 0.15) is 11.1 Å². The average Bonchev–Trinajstić information content (AvgIpc) is 2.69. The van der Waals surface area contributed by atoms with Crippen LogP contribution in [0, 0.1) is 17.8 Å². The Morgan fingerprint density at radius 1 is 1.10 bits per heavy atom. The number of carbonyl (C=O) groups excluding carboxylic acids is 1. The summed E-state index contributed by atoms with van der Waals surface area (Å²) in [5, 5.41) is 12.8. The minimum Gasteiger partial charge on any atom is -0.444 e. The standard InChI is InChI=1S/C25H29NO3/c1-20(19-27)25(26-23(28)29-24(2,3)4,17-15-21-11-7-5-8-12-21)18-16-22-13-9-6-10-14-22/h5-15,17,20,27H,19H2,1-4H3,(H,26,28)/b17-15+/t20?,25-/m0/s1. The van der Waals surface area contributed by atoms with Crippen LogP contribution in [0.15, 0.2) is 66.7 Å². The van der Waals surface area contributed by atoms with Crippen molar-refractivity contribution < 1.29 is 14.6 Å². The van der Waals surface area contributed by atoms with Crippen LogP contribution in [-0.4, -0.2) is 28.9 Å². The van der Waals surface area contributed by atoms with E-state index in [4.69, 9.17) is 4.74 Å². The molecule has 0 aliphatic heterocycles. The zero-order valence-corrected chi connectivity index (χ0v) is 17.5. The van der Waals surface area contributed by atoms with E-state index < -0.39 is 17.2 Å². The summed E-state index contributed by atoms with van der Waals surface area (Å²) in [5.74, 6) is 5.93. The van der Waals surface area contributed by atoms with Gasteiger partial charge < -0.3 is 15.2 Å². The molecule has 2 atom stereocenters. The molecule has 0 bridgehead atoms. The zero-order chi connectivity index (χ0) is 21.3. The highest BCUT2D eigenvalue weighted by molar-refractivity contribution is 5.71. The second kappa shape index (κ2) is 9.95. The molecule has 0 spiro atoms. The van der Waals surface area contributed by atoms with Gasteiger partial charge in [-0.15, -0.1) is 0 Å². The Hall–Kier alpha value is -3.03. The summed E-state index contributed by atoms with van der Waals surface area (Å²) in [4.78, 5) is 12.6. The molecule has 0 radical (unpaired) electrons. The molecular weight excluding hydrogens is 362 g/mol. The predicted octanol–water partition coefficient (Wildman–Crippen LogP) is 4.64. The summed E-state index contributed by atoms with van der Waals surface area (Å²) in [6, 6.07) is 19.3. The second-order valence-corrected chi connectivity index (χ2v) is 7.94. The van der Waals surface area contributed by atoms with Crippen LogP contribution in [0.4, 0.5) is 4.79 Å². The van der Waals surface area contributed by atoms with Crippen molar-refractivity contribution in [2.24, 2.45) is 5.92 Å². The van der Waals surface area contributed by atoms with Crippen molar-refractivity contribution in [3.05, 3.63) is 77.9 Å². The molecule has 1 amide bonds. The minimum absolute atomic E-state index is 0.154. The number of carbonyl (C=O) groups is 1. The number of hydrogen-bond donors (Lipinski definition) is 2. The number of amides is 1. The Balaban J connectivity index is 2.48. The van der Waals surface area contributed by atoms with Gasteiger partial charge in [0.15, 0.2) is 0 Å². The topological polar surface area (TPSA) is 58.6 Å². The second-order valence-electron chi connectivity index (χ2n) is 7.94. The van der Waals surface area contributed by atoms with Gasteiger partial charge in [0.25, 0.3) is 0 Å². The number of hydrogen-bond acceptors (Lipinski definition) is 3. The Kier molecular flexibility index (Phi) is 7.64. The van der Waals surface area contributed by atoms with Crippen LogP contribution in [0.3, 0.4) is 0 Å². The van der Waals surface area contributed by atoms with Crippen molar-refractivity contribution in [3.8, 4) is 11.8 Å². The maximum absolute atomic E-state index is 12.6. The molecule has 4 nitrogen and oxygen atoms in total. The molecule has 0 heterocycles. The molecule has 2 aromatic carbocycles. The molecule has 152 valence electrons. The van der Waals surface area contributed by atoms with E-state index in [1.54, 1.807) is 20.8 Å². The highest BCUT2D eigenvalue weighted by Gasteiger charge is 2.35. The molecule has 2 N–H and O–H groups in total. The summed E-state index contributed by atoms with van der Waals surface area (Å²) in [6.07, 6.45) is 3.13. The first-order chi connectivity index (χ1) is 13.7. The minimum atomic E-state index is -1.11. The van der Waals surface area contributed by atoms with Gasteiger partial charge in [-0.05, 0) is 44.5 Å². The smallest absolute Gasteiger partial charge is 0.409 e. The van der Waals surface area contributed by atoms with E-state index >= 15 is 0 Å². The van der Waals surface area contributed by atoms with Crippen LogP contribution in [0.25, 0.3) is 6.08 Å². The van der Waals surface area contributed by atoms with E-state index in [1.807, 2.05) is 79.7 Å². The average molecular weight is 392 g/mol. The fraction of sp³-hybridized carbons (Fsp3) is 0.320. The van der Waals surface area contributed by atoms with Crippen molar-refractivity contribution in [3.63, 3.8) is 0 Å². The molecule has 0 saturated heterocycles. The van der Waals surface area contributed by atoms with Crippen molar-refractivity contribution in [2.45, 2.75) is 38.8 Å². The monoisotopic (exact) mass is 391 g/mol. The van der Waals surface area contributed by atoms with Crippen LogP contribution < -0.4 is 5.32 Å². The SMILES string of the molecule is CC(CO)[C@@](C#Cc1ccccc1)(/C=C/c1ccccc1)NC(=O)OC(C)(C)C. The first-order valence-corrected chi connectivity index (χ1v) is 9.68. The van der Waals surface area contributed by atoms with Crippen molar-refractivity contribution >= 4 is 12.2 Å². The Bertz CT molecular complexity index is 873. The number of alkyl carbamates (subject to hydrolysis) is 1. The van der Waals surface area contributed by atoms with E-state index in [-0.39, 0.29) is 12.5 Å². The maximum Gasteiger partial charge on any atom is 0.409 e. The first-order valence-electron chi connectivity index (χ1n) is 9.68. The number of aliphatic hydroxyl groups is 1. The van der Waals surface area contributed by atoms with Crippen LogP contribution in [0.5, 0.6) is 0 Å². The fourth-order valence-corrected chi connectivity index (χ4v) is 2.63. The Morgan fingerprint density at radius 2 is 1.69 bits per heavy atom. The van der Waals surface area contributed by atoms with Gasteiger partial charge in [-0.25, -0.2) is 4.79 Å². The molecule has 4 heteroatoms. The van der Waals surface area contributed by atoms with E-state index in [2.05, 4.69) is 17.2 Å². The lowest BCUT2D eigenvalue weighted by Gasteiger charge is -2.33. The van der Waals surface area contributed by atoms with Gasteiger partial charge in [0.2, 0.25) is 0 Å². The van der Waals surface area contributed by atoms with E-state index in [1.165, 1.54) is 0 Å². The lowest BCUT2D eigenvalue weighted by molar-refractivity contribution is 0.0463. The van der Waals surface area contributed by atoms with Gasteiger partial charge >= 0.3 is 6.09 Å². The van der Waals surface area contributed by atoms with Gasteiger partial charge in [-0.2, -0.15) is 0 Å². The molecule has 0 fully saturated rings. The van der Waals surface area contributed by atoms with Crippen molar-refractivity contribution in [1.82, 2.24) is 5.32 Å². The van der Waals surface area contributed by atoms with Gasteiger partial charge in [-0.3, -0.25) is 0 Å². The molecular formula is C25H29NO3. The zero-order valence-electron chi connectivity index (χ0n) is 17.5. The Morgan fingerprint density at radius 3 is 2.24 bits per heavy atom. The maximum atomic E-state index is 12.6. The molecule has 2 rings (SSSR count). The highest BCUT2D eigenvalue weighted by atomic mass is 16.6. The summed E-state index contributed by atoms with van der Waals surface area (Å²) < 4.78 is 5.46. The van der Waals surface area contributed by atoms with Crippen LogP contribution in [-0.2, 0) is 4.74 Å². The van der Waals surface area contributed by atoms with E-state index in [0.717, 1.165) is 11.1 Å². The van der Waals surface area contributed by atoms with Gasteiger partial charge in [0, 0.05) is 18.1 Å². The van der Waals surface area contributed by atoms with E-state index in [0.29, 0.717) is 0 Å².